The smallest absolute Gasteiger partial charge is 0.352 e. The van der Waals surface area contributed by atoms with Crippen LogP contribution >= 0.6 is 0 Å². The zero-order chi connectivity index (χ0) is 27.4. The summed E-state index contributed by atoms with van der Waals surface area (Å²) in [5, 5.41) is 4.15. The number of nitrogens with zero attached hydrogens (tertiary/aromatic N) is 2. The molecule has 5 rings (SSSR count). The topological polar surface area (TPSA) is 37.3 Å². The maximum Gasteiger partial charge on any atom is 0.417 e. The van der Waals surface area contributed by atoms with Gasteiger partial charge in [-0.05, 0) is 86.1 Å². The van der Waals surface area contributed by atoms with Crippen LogP contribution in [-0.4, -0.2) is 41.6 Å². The van der Waals surface area contributed by atoms with Crippen molar-refractivity contribution in [1.29, 1.82) is 0 Å². The van der Waals surface area contributed by atoms with E-state index in [2.05, 4.69) is 52.3 Å². The largest absolute Gasteiger partial charge is 0.417 e. The second kappa shape index (κ2) is 11.7. The Morgan fingerprint density at radius 2 is 1.67 bits per heavy atom. The van der Waals surface area contributed by atoms with Crippen LogP contribution in [0.25, 0.3) is 22.0 Å². The Morgan fingerprint density at radius 1 is 0.949 bits per heavy atom. The number of hydrogen-bond acceptors (Lipinski definition) is 2. The molecule has 1 aliphatic rings. The van der Waals surface area contributed by atoms with E-state index in [0.717, 1.165) is 51.4 Å². The lowest BCUT2D eigenvalue weighted by molar-refractivity contribution is -0.137. The highest BCUT2D eigenvalue weighted by molar-refractivity contribution is 5.95. The molecule has 0 unspecified atom stereocenters. The van der Waals surface area contributed by atoms with Crippen molar-refractivity contribution in [2.24, 2.45) is 7.05 Å². The lowest BCUT2D eigenvalue weighted by atomic mass is 9.89. The van der Waals surface area contributed by atoms with Gasteiger partial charge in [0.05, 0.1) is 5.56 Å². The molecule has 1 saturated heterocycles. The number of likely N-dealkylation sites (tertiary alicyclic amines) is 1. The van der Waals surface area contributed by atoms with Crippen molar-refractivity contribution in [2.75, 3.05) is 26.2 Å². The summed E-state index contributed by atoms with van der Waals surface area (Å²) in [6, 6.07) is 20.8. The number of para-hydroxylation sites is 1. The third-order valence-corrected chi connectivity index (χ3v) is 7.81. The van der Waals surface area contributed by atoms with E-state index in [1.54, 1.807) is 30.3 Å². The monoisotopic (exact) mass is 533 g/mol. The zero-order valence-electron chi connectivity index (χ0n) is 22.2. The standard InChI is InChI=1S/C32H34F3N3O/c1-37-22-28(27-11-5-6-12-30(27)37)24-15-19-38(20-16-24)18-8-7-17-36-31(39)25-13-14-26(23-9-3-2-4-10-23)29(21-25)32(33,34)35/h2-6,9-14,21-22,24H,7-8,15-20H2,1H3,(H,36,39). The van der Waals surface area contributed by atoms with Crippen LogP contribution < -0.4 is 5.32 Å². The van der Waals surface area contributed by atoms with E-state index in [4.69, 9.17) is 0 Å². The molecular weight excluding hydrogens is 499 g/mol. The SMILES string of the molecule is Cn1cc(C2CCN(CCCCNC(=O)c3ccc(-c4ccccc4)c(C(F)(F)F)c3)CC2)c2ccccc21. The van der Waals surface area contributed by atoms with Gasteiger partial charge in [0.2, 0.25) is 0 Å². The summed E-state index contributed by atoms with van der Waals surface area (Å²) in [5.41, 5.74) is 2.49. The number of carbonyl (C=O) groups excluding carboxylic acids is 1. The Morgan fingerprint density at radius 3 is 2.41 bits per heavy atom. The third kappa shape index (κ3) is 6.19. The van der Waals surface area contributed by atoms with Gasteiger partial charge in [-0.25, -0.2) is 0 Å². The van der Waals surface area contributed by atoms with Gasteiger partial charge in [-0.1, -0.05) is 54.6 Å². The first-order chi connectivity index (χ1) is 18.8. The highest BCUT2D eigenvalue weighted by atomic mass is 19.4. The number of aromatic nitrogens is 1. The average molecular weight is 534 g/mol. The molecule has 1 amide bonds. The average Bonchev–Trinajstić information content (AvgIpc) is 3.29. The Labute approximate surface area is 227 Å². The molecule has 0 aliphatic carbocycles. The lowest BCUT2D eigenvalue weighted by Gasteiger charge is -2.32. The van der Waals surface area contributed by atoms with Crippen molar-refractivity contribution in [3.05, 3.63) is 95.7 Å². The number of unbranched alkanes of at least 4 members (excludes halogenated alkanes) is 1. The number of halogens is 3. The lowest BCUT2D eigenvalue weighted by Crippen LogP contribution is -2.34. The molecule has 1 N–H and O–H groups in total. The molecule has 0 saturated carbocycles. The van der Waals surface area contributed by atoms with Crippen molar-refractivity contribution < 1.29 is 18.0 Å². The molecule has 1 aliphatic heterocycles. The summed E-state index contributed by atoms with van der Waals surface area (Å²) < 4.78 is 43.5. The van der Waals surface area contributed by atoms with Crippen molar-refractivity contribution in [2.45, 2.75) is 37.8 Å². The summed E-state index contributed by atoms with van der Waals surface area (Å²) >= 11 is 0. The highest BCUT2D eigenvalue weighted by Crippen LogP contribution is 2.38. The van der Waals surface area contributed by atoms with Gasteiger partial charge in [0.15, 0.2) is 0 Å². The van der Waals surface area contributed by atoms with E-state index in [1.807, 2.05) is 0 Å². The minimum absolute atomic E-state index is 0.0255. The van der Waals surface area contributed by atoms with Gasteiger partial charge in [0.1, 0.15) is 0 Å². The Balaban J connectivity index is 1.08. The Kier molecular flexibility index (Phi) is 8.07. The quantitative estimate of drug-likeness (QED) is 0.242. The number of alkyl halides is 3. The molecule has 0 bridgehead atoms. The van der Waals surface area contributed by atoms with Gasteiger partial charge in [-0.15, -0.1) is 0 Å². The van der Waals surface area contributed by atoms with Crippen LogP contribution in [0.5, 0.6) is 0 Å². The van der Waals surface area contributed by atoms with Crippen LogP contribution in [0, 0.1) is 0 Å². The second-order valence-corrected chi connectivity index (χ2v) is 10.4. The van der Waals surface area contributed by atoms with E-state index in [-0.39, 0.29) is 11.1 Å². The normalized spacial score (nSPS) is 15.1. The number of amides is 1. The number of carbonyl (C=O) groups is 1. The molecule has 1 fully saturated rings. The molecule has 1 aromatic heterocycles. The molecule has 3 aromatic carbocycles. The number of benzene rings is 3. The summed E-state index contributed by atoms with van der Waals surface area (Å²) in [6.45, 7) is 3.50. The molecule has 0 atom stereocenters. The predicted molar refractivity (Wildman–Crippen MR) is 150 cm³/mol. The third-order valence-electron chi connectivity index (χ3n) is 7.81. The van der Waals surface area contributed by atoms with Crippen LogP contribution in [0.2, 0.25) is 0 Å². The van der Waals surface area contributed by atoms with Gasteiger partial charge in [0, 0.05) is 36.3 Å². The van der Waals surface area contributed by atoms with E-state index in [9.17, 15) is 18.0 Å². The molecule has 0 radical (unpaired) electrons. The van der Waals surface area contributed by atoms with Gasteiger partial charge in [-0.3, -0.25) is 4.79 Å². The molecule has 0 spiro atoms. The fourth-order valence-corrected chi connectivity index (χ4v) is 5.72. The molecule has 7 heteroatoms. The van der Waals surface area contributed by atoms with E-state index >= 15 is 0 Å². The molecule has 4 nitrogen and oxygen atoms in total. The predicted octanol–water partition coefficient (Wildman–Crippen LogP) is 7.25. The van der Waals surface area contributed by atoms with E-state index in [1.165, 1.54) is 28.6 Å². The number of hydrogen-bond donors (Lipinski definition) is 1. The van der Waals surface area contributed by atoms with Crippen molar-refractivity contribution >= 4 is 16.8 Å². The molecule has 39 heavy (non-hydrogen) atoms. The minimum Gasteiger partial charge on any atom is -0.352 e. The first kappa shape index (κ1) is 27.0. The summed E-state index contributed by atoms with van der Waals surface area (Å²) in [4.78, 5) is 15.1. The maximum absolute atomic E-state index is 13.8. The number of aryl methyl sites for hydroxylation is 1. The molecule has 2 heterocycles. The summed E-state index contributed by atoms with van der Waals surface area (Å²) in [6.07, 6.45) is 1.70. The van der Waals surface area contributed by atoms with Crippen LogP contribution in [0.4, 0.5) is 13.2 Å². The Bertz CT molecular complexity index is 1420. The van der Waals surface area contributed by atoms with Gasteiger partial charge in [0.25, 0.3) is 5.91 Å². The van der Waals surface area contributed by atoms with Crippen LogP contribution in [-0.2, 0) is 13.2 Å². The first-order valence-electron chi connectivity index (χ1n) is 13.6. The molecule has 4 aromatic rings. The van der Waals surface area contributed by atoms with E-state index < -0.39 is 17.6 Å². The summed E-state index contributed by atoms with van der Waals surface area (Å²) in [5.74, 6) is 0.0949. The number of fused-ring (bicyclic) bond motifs is 1. The van der Waals surface area contributed by atoms with Crippen molar-refractivity contribution in [1.82, 2.24) is 14.8 Å². The number of nitrogens with one attached hydrogen (secondary N) is 1. The number of piperidine rings is 1. The molecular formula is C32H34F3N3O. The molecule has 204 valence electrons. The van der Waals surface area contributed by atoms with Crippen LogP contribution in [0.1, 0.15) is 53.1 Å². The summed E-state index contributed by atoms with van der Waals surface area (Å²) in [7, 11) is 2.11. The maximum atomic E-state index is 13.8. The minimum atomic E-state index is -4.55. The fourth-order valence-electron chi connectivity index (χ4n) is 5.72. The Hall–Kier alpha value is -3.58. The fraction of sp³-hybridized carbons (Fsp3) is 0.344. The van der Waals surface area contributed by atoms with Crippen molar-refractivity contribution in [3.63, 3.8) is 0 Å². The number of rotatable bonds is 8. The zero-order valence-corrected chi connectivity index (χ0v) is 22.2. The first-order valence-corrected chi connectivity index (χ1v) is 13.6. The van der Waals surface area contributed by atoms with Gasteiger partial charge < -0.3 is 14.8 Å². The van der Waals surface area contributed by atoms with Gasteiger partial charge >= 0.3 is 6.18 Å². The highest BCUT2D eigenvalue weighted by Gasteiger charge is 2.34. The van der Waals surface area contributed by atoms with E-state index in [0.29, 0.717) is 18.0 Å². The van der Waals surface area contributed by atoms with Crippen LogP contribution in [0.15, 0.2) is 79.0 Å². The van der Waals surface area contributed by atoms with Crippen molar-refractivity contribution in [3.8, 4) is 11.1 Å². The van der Waals surface area contributed by atoms with Crippen LogP contribution in [0.3, 0.4) is 0 Å². The van der Waals surface area contributed by atoms with Gasteiger partial charge in [-0.2, -0.15) is 13.2 Å². The second-order valence-electron chi connectivity index (χ2n) is 10.4.